The maximum atomic E-state index is 9.05. The summed E-state index contributed by atoms with van der Waals surface area (Å²) in [5.74, 6) is 0. The van der Waals surface area contributed by atoms with Gasteiger partial charge >= 0.3 is 0 Å². The van der Waals surface area contributed by atoms with Crippen molar-refractivity contribution in [3.63, 3.8) is 0 Å². The number of ether oxygens (including phenoxy) is 1. The lowest BCUT2D eigenvalue weighted by atomic mass is 10.1. The first-order chi connectivity index (χ1) is 11.8. The van der Waals surface area contributed by atoms with Gasteiger partial charge in [0.1, 0.15) is 0 Å². The van der Waals surface area contributed by atoms with E-state index in [2.05, 4.69) is 46.6 Å². The summed E-state index contributed by atoms with van der Waals surface area (Å²) in [5.41, 5.74) is 4.85. The fourth-order valence-electron chi connectivity index (χ4n) is 2.92. The summed E-state index contributed by atoms with van der Waals surface area (Å²) in [6, 6.07) is 17.0. The molecule has 0 amide bonds. The van der Waals surface area contributed by atoms with Crippen LogP contribution in [0.15, 0.2) is 48.5 Å². The Labute approximate surface area is 144 Å². The van der Waals surface area contributed by atoms with E-state index in [0.717, 1.165) is 51.4 Å². The molecule has 1 fully saturated rings. The molecule has 0 aliphatic carbocycles. The van der Waals surface area contributed by atoms with E-state index in [-0.39, 0.29) is 6.61 Å². The Hall–Kier alpha value is -1.88. The summed E-state index contributed by atoms with van der Waals surface area (Å²) in [6.07, 6.45) is 0.998. The molecule has 24 heavy (non-hydrogen) atoms. The van der Waals surface area contributed by atoms with Gasteiger partial charge in [0, 0.05) is 25.3 Å². The van der Waals surface area contributed by atoms with Gasteiger partial charge in [0.05, 0.1) is 19.8 Å². The zero-order valence-corrected chi connectivity index (χ0v) is 14.1. The zero-order chi connectivity index (χ0) is 16.6. The van der Waals surface area contributed by atoms with Crippen molar-refractivity contribution in [2.45, 2.75) is 19.6 Å². The SMILES string of the molecule is OCc1ccc(CCNCc2ccc(N3CCOCC3)cc2)cc1. The molecule has 3 rings (SSSR count). The van der Waals surface area contributed by atoms with Gasteiger partial charge in [-0.1, -0.05) is 36.4 Å². The lowest BCUT2D eigenvalue weighted by molar-refractivity contribution is 0.122. The van der Waals surface area contributed by atoms with Gasteiger partial charge in [0.2, 0.25) is 0 Å². The first kappa shape index (κ1) is 17.0. The summed E-state index contributed by atoms with van der Waals surface area (Å²) >= 11 is 0. The number of hydrogen-bond acceptors (Lipinski definition) is 4. The van der Waals surface area contributed by atoms with E-state index < -0.39 is 0 Å². The number of morpholine rings is 1. The van der Waals surface area contributed by atoms with Crippen LogP contribution in [0.2, 0.25) is 0 Å². The fourth-order valence-corrected chi connectivity index (χ4v) is 2.92. The van der Waals surface area contributed by atoms with Crippen molar-refractivity contribution in [2.75, 3.05) is 37.7 Å². The van der Waals surface area contributed by atoms with E-state index in [1.54, 1.807) is 0 Å². The van der Waals surface area contributed by atoms with Crippen LogP contribution in [0, 0.1) is 0 Å². The second-order valence-electron chi connectivity index (χ2n) is 6.17. The van der Waals surface area contributed by atoms with E-state index >= 15 is 0 Å². The number of nitrogens with one attached hydrogen (secondary N) is 1. The van der Waals surface area contributed by atoms with E-state index in [1.807, 2.05) is 12.1 Å². The van der Waals surface area contributed by atoms with E-state index in [4.69, 9.17) is 9.84 Å². The fraction of sp³-hybridized carbons (Fsp3) is 0.400. The summed E-state index contributed by atoms with van der Waals surface area (Å²) in [6.45, 7) is 5.55. The summed E-state index contributed by atoms with van der Waals surface area (Å²) in [7, 11) is 0. The molecule has 0 radical (unpaired) electrons. The van der Waals surface area contributed by atoms with Gasteiger partial charge in [-0.25, -0.2) is 0 Å². The molecule has 1 aliphatic rings. The minimum absolute atomic E-state index is 0.110. The van der Waals surface area contributed by atoms with Crippen LogP contribution in [-0.2, 0) is 24.3 Å². The highest BCUT2D eigenvalue weighted by Crippen LogP contribution is 2.16. The van der Waals surface area contributed by atoms with E-state index in [0.29, 0.717) is 0 Å². The van der Waals surface area contributed by atoms with Gasteiger partial charge in [0.25, 0.3) is 0 Å². The predicted octanol–water partition coefficient (Wildman–Crippen LogP) is 2.35. The Kier molecular flexibility index (Phi) is 6.24. The number of rotatable bonds is 7. The topological polar surface area (TPSA) is 44.7 Å². The quantitative estimate of drug-likeness (QED) is 0.767. The molecular weight excluding hydrogens is 300 g/mol. The third-order valence-corrected chi connectivity index (χ3v) is 4.44. The molecule has 0 spiro atoms. The number of anilines is 1. The summed E-state index contributed by atoms with van der Waals surface area (Å²) < 4.78 is 5.40. The van der Waals surface area contributed by atoms with Gasteiger partial charge in [0.15, 0.2) is 0 Å². The van der Waals surface area contributed by atoms with E-state index in [9.17, 15) is 0 Å². The van der Waals surface area contributed by atoms with Crippen LogP contribution in [0.1, 0.15) is 16.7 Å². The first-order valence-electron chi connectivity index (χ1n) is 8.66. The lowest BCUT2D eigenvalue weighted by Gasteiger charge is -2.28. The Morgan fingerprint density at radius 1 is 0.875 bits per heavy atom. The van der Waals surface area contributed by atoms with Crippen LogP contribution < -0.4 is 10.2 Å². The standard InChI is InChI=1S/C20H26N2O2/c23-16-19-3-1-17(2-4-19)9-10-21-15-18-5-7-20(8-6-18)22-11-13-24-14-12-22/h1-8,21,23H,9-16H2. The molecule has 4 nitrogen and oxygen atoms in total. The van der Waals surface area contributed by atoms with Crippen molar-refractivity contribution in [2.24, 2.45) is 0 Å². The van der Waals surface area contributed by atoms with Gasteiger partial charge in [-0.15, -0.1) is 0 Å². The maximum absolute atomic E-state index is 9.05. The van der Waals surface area contributed by atoms with Gasteiger partial charge in [-0.2, -0.15) is 0 Å². The molecule has 0 atom stereocenters. The third-order valence-electron chi connectivity index (χ3n) is 4.44. The molecule has 1 aliphatic heterocycles. The van der Waals surface area contributed by atoms with Crippen molar-refractivity contribution < 1.29 is 9.84 Å². The molecule has 4 heteroatoms. The maximum Gasteiger partial charge on any atom is 0.0681 e. The molecule has 128 valence electrons. The molecular formula is C20H26N2O2. The lowest BCUT2D eigenvalue weighted by Crippen LogP contribution is -2.36. The average Bonchev–Trinajstić information content (AvgIpc) is 2.67. The number of hydrogen-bond donors (Lipinski definition) is 2. The van der Waals surface area contributed by atoms with Crippen molar-refractivity contribution in [1.29, 1.82) is 0 Å². The molecule has 2 aromatic rings. The van der Waals surface area contributed by atoms with Crippen molar-refractivity contribution in [3.05, 3.63) is 65.2 Å². The Morgan fingerprint density at radius 2 is 1.50 bits per heavy atom. The number of aliphatic hydroxyl groups is 1. The first-order valence-corrected chi connectivity index (χ1v) is 8.66. The molecule has 0 saturated carbocycles. The normalized spacial score (nSPS) is 14.8. The van der Waals surface area contributed by atoms with Crippen LogP contribution in [0.4, 0.5) is 5.69 Å². The number of nitrogens with zero attached hydrogens (tertiary/aromatic N) is 1. The molecule has 0 bridgehead atoms. The van der Waals surface area contributed by atoms with Gasteiger partial charge in [-0.3, -0.25) is 0 Å². The minimum atomic E-state index is 0.110. The molecule has 0 unspecified atom stereocenters. The Morgan fingerprint density at radius 3 is 2.17 bits per heavy atom. The highest BCUT2D eigenvalue weighted by Gasteiger charge is 2.10. The monoisotopic (exact) mass is 326 g/mol. The number of aliphatic hydroxyl groups excluding tert-OH is 1. The van der Waals surface area contributed by atoms with E-state index in [1.165, 1.54) is 16.8 Å². The Balaban J connectivity index is 1.41. The zero-order valence-electron chi connectivity index (χ0n) is 14.1. The van der Waals surface area contributed by atoms with Crippen molar-refractivity contribution in [1.82, 2.24) is 5.32 Å². The molecule has 2 N–H and O–H groups in total. The molecule has 1 heterocycles. The molecule has 2 aromatic carbocycles. The van der Waals surface area contributed by atoms with Crippen LogP contribution in [0.5, 0.6) is 0 Å². The van der Waals surface area contributed by atoms with Crippen molar-refractivity contribution >= 4 is 5.69 Å². The van der Waals surface area contributed by atoms with Crippen LogP contribution in [0.25, 0.3) is 0 Å². The highest BCUT2D eigenvalue weighted by molar-refractivity contribution is 5.47. The van der Waals surface area contributed by atoms with Crippen LogP contribution >= 0.6 is 0 Å². The van der Waals surface area contributed by atoms with Crippen molar-refractivity contribution in [3.8, 4) is 0 Å². The molecule has 1 saturated heterocycles. The summed E-state index contributed by atoms with van der Waals surface area (Å²) in [5, 5.41) is 12.5. The Bertz CT molecular complexity index is 605. The van der Waals surface area contributed by atoms with Gasteiger partial charge < -0.3 is 20.1 Å². The minimum Gasteiger partial charge on any atom is -0.392 e. The van der Waals surface area contributed by atoms with Crippen LogP contribution in [-0.4, -0.2) is 38.0 Å². The second-order valence-corrected chi connectivity index (χ2v) is 6.17. The predicted molar refractivity (Wildman–Crippen MR) is 97.2 cm³/mol. The number of benzene rings is 2. The largest absolute Gasteiger partial charge is 0.392 e. The average molecular weight is 326 g/mol. The van der Waals surface area contributed by atoms with Crippen LogP contribution in [0.3, 0.4) is 0 Å². The molecule has 0 aromatic heterocycles. The second kappa shape index (κ2) is 8.83. The smallest absolute Gasteiger partial charge is 0.0681 e. The van der Waals surface area contributed by atoms with Gasteiger partial charge in [-0.05, 0) is 41.8 Å². The third kappa shape index (κ3) is 4.81. The summed E-state index contributed by atoms with van der Waals surface area (Å²) in [4.78, 5) is 2.37. The highest BCUT2D eigenvalue weighted by atomic mass is 16.5.